The van der Waals surface area contributed by atoms with Crippen molar-refractivity contribution in [1.29, 1.82) is 0 Å². The molecule has 2 amide bonds. The third-order valence-corrected chi connectivity index (χ3v) is 5.51. The van der Waals surface area contributed by atoms with E-state index >= 15 is 0 Å². The number of nitro benzene ring substituents is 1. The summed E-state index contributed by atoms with van der Waals surface area (Å²) in [6.45, 7) is 6.42. The predicted octanol–water partition coefficient (Wildman–Crippen LogP) is 1.05. The smallest absolute Gasteiger partial charge is 0.296 e. The van der Waals surface area contributed by atoms with E-state index < -0.39 is 65.6 Å². The van der Waals surface area contributed by atoms with Crippen molar-refractivity contribution in [2.75, 3.05) is 19.0 Å². The minimum atomic E-state index is -1.13. The normalized spacial score (nSPS) is 30.7. The maximum absolute atomic E-state index is 12.9. The average Bonchev–Trinajstić information content (AvgIpc) is 3.25. The first-order valence-corrected chi connectivity index (χ1v) is 10.7. The Morgan fingerprint density at radius 1 is 1.06 bits per heavy atom. The largest absolute Gasteiger partial charge is 0.496 e. The highest BCUT2D eigenvalue weighted by molar-refractivity contribution is 5.97. The van der Waals surface area contributed by atoms with E-state index in [9.17, 15) is 19.7 Å². The molecule has 3 aliphatic heterocycles. The standard InChI is InChI=1S/C21H27N3O10/c1-20(2)31-14-15(32-20)17-19(34-21(3,4)33-17)30-16(14)18(26)22-9-13(25)23-11-7-6-10(29-5)8-12(11)24(27)28/h6-8,14-17,19H,9H2,1-5H3,(H,22,26)(H,23,25)/t14-,15-,16+,17+,19+/m0/s1. The number of nitrogens with zero attached hydrogens (tertiary/aromatic N) is 1. The van der Waals surface area contributed by atoms with E-state index in [-0.39, 0.29) is 17.1 Å². The lowest BCUT2D eigenvalue weighted by Crippen LogP contribution is -2.59. The summed E-state index contributed by atoms with van der Waals surface area (Å²) >= 11 is 0. The maximum Gasteiger partial charge on any atom is 0.296 e. The second kappa shape index (κ2) is 8.74. The molecule has 0 radical (unpaired) electrons. The maximum atomic E-state index is 12.9. The Morgan fingerprint density at radius 3 is 2.38 bits per heavy atom. The van der Waals surface area contributed by atoms with Gasteiger partial charge < -0.3 is 39.1 Å². The van der Waals surface area contributed by atoms with E-state index in [1.165, 1.54) is 25.3 Å². The lowest BCUT2D eigenvalue weighted by molar-refractivity contribution is -0.384. The van der Waals surface area contributed by atoms with Crippen molar-refractivity contribution in [1.82, 2.24) is 5.32 Å². The number of anilines is 1. The van der Waals surface area contributed by atoms with E-state index in [1.807, 2.05) is 0 Å². The number of carbonyl (C=O) groups is 2. The molecule has 3 heterocycles. The first-order chi connectivity index (χ1) is 15.9. The van der Waals surface area contributed by atoms with Crippen molar-refractivity contribution in [2.45, 2.75) is 70.0 Å². The zero-order valence-electron chi connectivity index (χ0n) is 19.4. The minimum Gasteiger partial charge on any atom is -0.496 e. The highest BCUT2D eigenvalue weighted by Gasteiger charge is 2.62. The number of hydrogen-bond acceptors (Lipinski definition) is 10. The summed E-state index contributed by atoms with van der Waals surface area (Å²) in [4.78, 5) is 36.0. The van der Waals surface area contributed by atoms with Gasteiger partial charge in [-0.3, -0.25) is 19.7 Å². The van der Waals surface area contributed by atoms with E-state index in [0.29, 0.717) is 0 Å². The molecule has 2 N–H and O–H groups in total. The number of nitrogens with one attached hydrogen (secondary N) is 2. The molecule has 0 aromatic heterocycles. The van der Waals surface area contributed by atoms with Gasteiger partial charge in [0.2, 0.25) is 5.91 Å². The Kier molecular flexibility index (Phi) is 6.25. The van der Waals surface area contributed by atoms with Gasteiger partial charge in [0, 0.05) is 0 Å². The van der Waals surface area contributed by atoms with Crippen LogP contribution in [0.1, 0.15) is 27.7 Å². The number of carbonyl (C=O) groups excluding carboxylic acids is 2. The van der Waals surface area contributed by atoms with Crippen LogP contribution in [-0.2, 0) is 33.3 Å². The molecule has 1 aromatic carbocycles. The van der Waals surface area contributed by atoms with Crippen molar-refractivity contribution >= 4 is 23.2 Å². The van der Waals surface area contributed by atoms with Crippen LogP contribution in [0.15, 0.2) is 18.2 Å². The number of benzene rings is 1. The highest BCUT2D eigenvalue weighted by Crippen LogP contribution is 2.44. The molecule has 3 fully saturated rings. The summed E-state index contributed by atoms with van der Waals surface area (Å²) < 4.78 is 34.3. The number of amides is 2. The monoisotopic (exact) mass is 481 g/mol. The molecule has 13 heteroatoms. The first kappa shape index (κ1) is 24.3. The van der Waals surface area contributed by atoms with Gasteiger partial charge in [-0.15, -0.1) is 0 Å². The molecule has 0 saturated carbocycles. The fourth-order valence-corrected chi connectivity index (χ4v) is 4.18. The summed E-state index contributed by atoms with van der Waals surface area (Å²) in [5.74, 6) is -2.94. The summed E-state index contributed by atoms with van der Waals surface area (Å²) in [6.07, 6.45) is -4.00. The Morgan fingerprint density at radius 2 is 1.71 bits per heavy atom. The third-order valence-electron chi connectivity index (χ3n) is 5.51. The van der Waals surface area contributed by atoms with Gasteiger partial charge in [-0.2, -0.15) is 0 Å². The predicted molar refractivity (Wildman–Crippen MR) is 114 cm³/mol. The van der Waals surface area contributed by atoms with E-state index in [1.54, 1.807) is 27.7 Å². The average molecular weight is 481 g/mol. The molecule has 0 unspecified atom stereocenters. The van der Waals surface area contributed by atoms with E-state index in [4.69, 9.17) is 28.4 Å². The number of rotatable bonds is 6. The van der Waals surface area contributed by atoms with Gasteiger partial charge in [0.25, 0.3) is 11.6 Å². The topological polar surface area (TPSA) is 157 Å². The van der Waals surface area contributed by atoms with Gasteiger partial charge >= 0.3 is 0 Å². The Hall–Kier alpha value is -2.84. The van der Waals surface area contributed by atoms with Crippen LogP contribution in [0.2, 0.25) is 0 Å². The molecule has 3 saturated heterocycles. The number of methoxy groups -OCH3 is 1. The van der Waals surface area contributed by atoms with Crippen LogP contribution < -0.4 is 15.4 Å². The van der Waals surface area contributed by atoms with Crippen molar-refractivity contribution in [2.24, 2.45) is 0 Å². The van der Waals surface area contributed by atoms with Gasteiger partial charge in [0.05, 0.1) is 24.6 Å². The van der Waals surface area contributed by atoms with Crippen LogP contribution in [0.5, 0.6) is 5.75 Å². The fourth-order valence-electron chi connectivity index (χ4n) is 4.18. The van der Waals surface area contributed by atoms with Crippen LogP contribution >= 0.6 is 0 Å². The molecule has 3 aliphatic rings. The van der Waals surface area contributed by atoms with Crippen LogP contribution in [0.3, 0.4) is 0 Å². The Balaban J connectivity index is 1.42. The quantitative estimate of drug-likeness (QED) is 0.445. The molecule has 13 nitrogen and oxygen atoms in total. The first-order valence-electron chi connectivity index (χ1n) is 10.7. The van der Waals surface area contributed by atoms with Crippen LogP contribution in [0.4, 0.5) is 11.4 Å². The second-order valence-electron chi connectivity index (χ2n) is 9.00. The van der Waals surface area contributed by atoms with Crippen LogP contribution in [0.25, 0.3) is 0 Å². The molecular weight excluding hydrogens is 454 g/mol. The third kappa shape index (κ3) is 4.83. The molecular formula is C21H27N3O10. The van der Waals surface area contributed by atoms with Crippen molar-refractivity contribution in [3.05, 3.63) is 28.3 Å². The molecule has 4 rings (SSSR count). The Labute approximate surface area is 195 Å². The van der Waals surface area contributed by atoms with E-state index in [2.05, 4.69) is 10.6 Å². The summed E-state index contributed by atoms with van der Waals surface area (Å²) in [5, 5.41) is 16.2. The highest BCUT2D eigenvalue weighted by atomic mass is 16.9. The molecule has 5 atom stereocenters. The van der Waals surface area contributed by atoms with Gasteiger partial charge in [0.15, 0.2) is 24.0 Å². The molecule has 0 bridgehead atoms. The van der Waals surface area contributed by atoms with Gasteiger partial charge in [-0.25, -0.2) is 0 Å². The molecule has 0 spiro atoms. The SMILES string of the molecule is COc1ccc(NC(=O)CNC(=O)[C@@H]2O[C@@H]3OC(C)(C)O[C@@H]3[C@H]3OC(C)(C)O[C@@H]32)c([N+](=O)[O-])c1. The lowest BCUT2D eigenvalue weighted by Gasteiger charge is -2.36. The lowest BCUT2D eigenvalue weighted by atomic mass is 9.98. The van der Waals surface area contributed by atoms with Gasteiger partial charge in [-0.05, 0) is 39.8 Å². The Bertz CT molecular complexity index is 997. The fraction of sp³-hybridized carbons (Fsp3) is 0.619. The zero-order valence-corrected chi connectivity index (χ0v) is 19.4. The van der Waals surface area contributed by atoms with Gasteiger partial charge in [-0.1, -0.05) is 0 Å². The van der Waals surface area contributed by atoms with E-state index in [0.717, 1.165) is 0 Å². The number of nitro groups is 1. The molecule has 0 aliphatic carbocycles. The minimum absolute atomic E-state index is 0.0325. The van der Waals surface area contributed by atoms with Crippen LogP contribution in [0, 0.1) is 10.1 Å². The number of fused-ring (bicyclic) bond motifs is 3. The van der Waals surface area contributed by atoms with Crippen molar-refractivity contribution in [3.63, 3.8) is 0 Å². The second-order valence-corrected chi connectivity index (χ2v) is 9.00. The summed E-state index contributed by atoms with van der Waals surface area (Å²) in [6, 6.07) is 4.00. The van der Waals surface area contributed by atoms with Crippen molar-refractivity contribution < 1.29 is 42.9 Å². The summed E-state index contributed by atoms with van der Waals surface area (Å²) in [5.41, 5.74) is -0.377. The molecule has 186 valence electrons. The molecule has 1 aromatic rings. The molecule has 34 heavy (non-hydrogen) atoms. The zero-order chi connectivity index (χ0) is 24.8. The van der Waals surface area contributed by atoms with Crippen LogP contribution in [-0.4, -0.2) is 72.7 Å². The number of hydrogen-bond donors (Lipinski definition) is 2. The van der Waals surface area contributed by atoms with Crippen molar-refractivity contribution in [3.8, 4) is 5.75 Å². The van der Waals surface area contributed by atoms with Gasteiger partial charge in [0.1, 0.15) is 29.7 Å². The summed E-state index contributed by atoms with van der Waals surface area (Å²) in [7, 11) is 1.37. The number of ether oxygens (including phenoxy) is 6.